The predicted molar refractivity (Wildman–Crippen MR) is 105 cm³/mol. The summed E-state index contributed by atoms with van der Waals surface area (Å²) < 4.78 is 11.3. The van der Waals surface area contributed by atoms with Crippen molar-refractivity contribution in [3.05, 3.63) is 58.0 Å². The molecular weight excluding hydrogens is 446 g/mol. The fraction of sp³-hybridized carbons (Fsp3) is 0.176. The minimum absolute atomic E-state index is 0.0527. The molecular formula is C17H15N7O7S. The molecule has 14 nitrogen and oxygen atoms in total. The number of carbonyl (C=O) groups is 3. The summed E-state index contributed by atoms with van der Waals surface area (Å²) >= 11 is 0.976. The third-order valence-electron chi connectivity index (χ3n) is 3.77. The number of tetrazole rings is 1. The average molecular weight is 461 g/mol. The van der Waals surface area contributed by atoms with E-state index in [1.165, 1.54) is 23.1 Å². The molecule has 1 aromatic carbocycles. The van der Waals surface area contributed by atoms with Crippen LogP contribution >= 0.6 is 11.8 Å². The van der Waals surface area contributed by atoms with Crippen molar-refractivity contribution in [2.75, 3.05) is 6.61 Å². The van der Waals surface area contributed by atoms with E-state index in [1.807, 2.05) is 5.32 Å². The van der Waals surface area contributed by atoms with Gasteiger partial charge in [0, 0.05) is 24.1 Å². The van der Waals surface area contributed by atoms with Crippen molar-refractivity contribution in [2.24, 2.45) is 7.05 Å². The average Bonchev–Trinajstić information content (AvgIpc) is 3.42. The highest BCUT2D eigenvalue weighted by molar-refractivity contribution is 7.99. The van der Waals surface area contributed by atoms with Gasteiger partial charge in [-0.05, 0) is 40.4 Å². The van der Waals surface area contributed by atoms with Crippen LogP contribution in [0.2, 0.25) is 0 Å². The molecule has 3 aromatic rings. The van der Waals surface area contributed by atoms with Crippen molar-refractivity contribution in [1.29, 1.82) is 0 Å². The molecule has 0 spiro atoms. The van der Waals surface area contributed by atoms with E-state index in [4.69, 9.17) is 9.15 Å². The first-order valence-corrected chi connectivity index (χ1v) is 9.61. The molecule has 0 unspecified atom stereocenters. The third kappa shape index (κ3) is 5.88. The lowest BCUT2D eigenvalue weighted by Gasteiger charge is -2.09. The van der Waals surface area contributed by atoms with E-state index in [0.29, 0.717) is 10.9 Å². The number of carbonyl (C=O) groups excluding carboxylic acids is 3. The maximum absolute atomic E-state index is 12.5. The Bertz CT molecular complexity index is 1150. The number of ether oxygens (including phenoxy) is 1. The molecule has 2 N–H and O–H groups in total. The van der Waals surface area contributed by atoms with E-state index in [0.717, 1.165) is 17.8 Å². The zero-order valence-corrected chi connectivity index (χ0v) is 17.2. The number of non-ortho nitro benzene ring substituents is 1. The number of urea groups is 1. The Kier molecular flexibility index (Phi) is 7.12. The molecule has 0 aliphatic heterocycles. The number of hydrogen-bond donors (Lipinski definition) is 2. The fourth-order valence-corrected chi connectivity index (χ4v) is 3.11. The van der Waals surface area contributed by atoms with Gasteiger partial charge in [-0.3, -0.25) is 20.2 Å². The smallest absolute Gasteiger partial charge is 0.340 e. The van der Waals surface area contributed by atoms with E-state index in [-0.39, 0.29) is 22.7 Å². The second kappa shape index (κ2) is 10.2. The largest absolute Gasteiger partial charge is 0.467 e. The molecule has 0 fully saturated rings. The standard InChI is InChI=1S/C17H15N7O7S/c1-23-17(20-21-22-23)32-13-5-4-10(24(28)29)7-12(13)15(26)31-9-14(25)19-16(27)18-8-11-3-2-6-30-11/h2-7H,8-9H2,1H3,(H2,18,19,25,27). The van der Waals surface area contributed by atoms with E-state index >= 15 is 0 Å². The van der Waals surface area contributed by atoms with Gasteiger partial charge < -0.3 is 14.5 Å². The van der Waals surface area contributed by atoms with E-state index in [1.54, 1.807) is 19.2 Å². The lowest BCUT2D eigenvalue weighted by Crippen LogP contribution is -2.41. The fourth-order valence-electron chi connectivity index (χ4n) is 2.28. The predicted octanol–water partition coefficient (Wildman–Crippen LogP) is 1.05. The van der Waals surface area contributed by atoms with Gasteiger partial charge in [0.05, 0.1) is 23.3 Å². The maximum Gasteiger partial charge on any atom is 0.340 e. The summed E-state index contributed by atoms with van der Waals surface area (Å²) in [7, 11) is 1.58. The topological polar surface area (TPSA) is 184 Å². The molecule has 0 atom stereocenters. The molecule has 0 bridgehead atoms. The van der Waals surface area contributed by atoms with Crippen LogP contribution in [0.25, 0.3) is 0 Å². The molecule has 15 heteroatoms. The number of nitrogens with one attached hydrogen (secondary N) is 2. The summed E-state index contributed by atoms with van der Waals surface area (Å²) in [5.74, 6) is -1.42. The molecule has 0 aliphatic carbocycles. The Hall–Kier alpha value is -4.27. The summed E-state index contributed by atoms with van der Waals surface area (Å²) in [6.45, 7) is -0.734. The van der Waals surface area contributed by atoms with Crippen LogP contribution in [0.1, 0.15) is 16.1 Å². The molecule has 0 aliphatic rings. The second-order valence-corrected chi connectivity index (χ2v) is 7.02. The third-order valence-corrected chi connectivity index (χ3v) is 4.87. The van der Waals surface area contributed by atoms with Gasteiger partial charge in [-0.2, -0.15) is 0 Å². The number of rotatable bonds is 8. The number of aromatic nitrogens is 4. The number of aryl methyl sites for hydroxylation is 1. The Morgan fingerprint density at radius 3 is 2.78 bits per heavy atom. The number of benzene rings is 1. The number of nitrogens with zero attached hydrogens (tertiary/aromatic N) is 5. The molecule has 2 heterocycles. The van der Waals surface area contributed by atoms with Gasteiger partial charge in [-0.15, -0.1) is 5.10 Å². The van der Waals surface area contributed by atoms with Crippen LogP contribution in [-0.4, -0.2) is 49.6 Å². The zero-order valence-electron chi connectivity index (χ0n) is 16.4. The Balaban J connectivity index is 1.62. The molecule has 0 saturated carbocycles. The van der Waals surface area contributed by atoms with Gasteiger partial charge in [0.2, 0.25) is 5.16 Å². The molecule has 0 saturated heterocycles. The van der Waals surface area contributed by atoms with Gasteiger partial charge in [0.15, 0.2) is 6.61 Å². The minimum Gasteiger partial charge on any atom is -0.467 e. The monoisotopic (exact) mass is 461 g/mol. The van der Waals surface area contributed by atoms with E-state index in [9.17, 15) is 24.5 Å². The maximum atomic E-state index is 12.5. The summed E-state index contributed by atoms with van der Waals surface area (Å²) in [6.07, 6.45) is 1.43. The van der Waals surface area contributed by atoms with Crippen LogP contribution in [0.3, 0.4) is 0 Å². The first-order valence-electron chi connectivity index (χ1n) is 8.79. The van der Waals surface area contributed by atoms with Crippen LogP contribution < -0.4 is 10.6 Å². The molecule has 32 heavy (non-hydrogen) atoms. The van der Waals surface area contributed by atoms with Gasteiger partial charge in [0.25, 0.3) is 11.6 Å². The number of imide groups is 1. The quantitative estimate of drug-likeness (QED) is 0.277. The van der Waals surface area contributed by atoms with Crippen LogP contribution in [0.5, 0.6) is 0 Å². The number of nitro groups is 1. The van der Waals surface area contributed by atoms with Crippen LogP contribution in [0.15, 0.2) is 51.1 Å². The normalized spacial score (nSPS) is 10.4. The van der Waals surface area contributed by atoms with E-state index < -0.39 is 29.4 Å². The number of amides is 3. The highest BCUT2D eigenvalue weighted by Gasteiger charge is 2.21. The van der Waals surface area contributed by atoms with Crippen LogP contribution in [-0.2, 0) is 23.1 Å². The van der Waals surface area contributed by atoms with E-state index in [2.05, 4.69) is 20.8 Å². The summed E-state index contributed by atoms with van der Waals surface area (Å²) in [6, 6.07) is 6.03. The Morgan fingerprint density at radius 1 is 1.31 bits per heavy atom. The molecule has 3 rings (SSSR count). The number of furan rings is 1. The first kappa shape index (κ1) is 22.4. The summed E-state index contributed by atoms with van der Waals surface area (Å²) in [4.78, 5) is 46.8. The zero-order chi connectivity index (χ0) is 23.1. The SMILES string of the molecule is Cn1nnnc1Sc1ccc([N+](=O)[O-])cc1C(=O)OCC(=O)NC(=O)NCc1ccco1. The van der Waals surface area contributed by atoms with Gasteiger partial charge in [-0.25, -0.2) is 14.3 Å². The Morgan fingerprint density at radius 2 is 2.12 bits per heavy atom. The van der Waals surface area contributed by atoms with Crippen LogP contribution in [0, 0.1) is 10.1 Å². The van der Waals surface area contributed by atoms with Crippen molar-refractivity contribution in [1.82, 2.24) is 30.8 Å². The molecule has 3 amide bonds. The second-order valence-electron chi connectivity index (χ2n) is 6.01. The minimum atomic E-state index is -1.00. The van der Waals surface area contributed by atoms with Crippen molar-refractivity contribution in [3.8, 4) is 0 Å². The lowest BCUT2D eigenvalue weighted by molar-refractivity contribution is -0.384. The molecule has 0 radical (unpaired) electrons. The highest BCUT2D eigenvalue weighted by atomic mass is 32.2. The summed E-state index contributed by atoms with van der Waals surface area (Å²) in [5.41, 5.74) is -0.513. The highest BCUT2D eigenvalue weighted by Crippen LogP contribution is 2.31. The number of hydrogen-bond acceptors (Lipinski definition) is 11. The van der Waals surface area contributed by atoms with Crippen molar-refractivity contribution >= 4 is 35.4 Å². The number of nitro benzene ring substituents is 1. The van der Waals surface area contributed by atoms with Crippen molar-refractivity contribution < 1.29 is 28.5 Å². The van der Waals surface area contributed by atoms with Crippen molar-refractivity contribution in [2.45, 2.75) is 16.6 Å². The van der Waals surface area contributed by atoms with Gasteiger partial charge in [-0.1, -0.05) is 0 Å². The Labute approximate surface area is 183 Å². The van der Waals surface area contributed by atoms with Gasteiger partial charge in [0.1, 0.15) is 5.76 Å². The van der Waals surface area contributed by atoms with Crippen molar-refractivity contribution in [3.63, 3.8) is 0 Å². The number of esters is 1. The lowest BCUT2D eigenvalue weighted by atomic mass is 10.2. The van der Waals surface area contributed by atoms with Gasteiger partial charge >= 0.3 is 12.0 Å². The summed E-state index contributed by atoms with van der Waals surface area (Å²) in [5, 5.41) is 26.7. The molecule has 166 valence electrons. The molecule has 2 aromatic heterocycles. The first-order chi connectivity index (χ1) is 15.3. The van der Waals surface area contributed by atoms with Crippen LogP contribution in [0.4, 0.5) is 10.5 Å².